The number of aromatic nitrogens is 4. The highest BCUT2D eigenvalue weighted by atomic mass is 16.6. The lowest BCUT2D eigenvalue weighted by atomic mass is 9.86. The van der Waals surface area contributed by atoms with E-state index >= 15 is 0 Å². The van der Waals surface area contributed by atoms with Crippen molar-refractivity contribution in [3.05, 3.63) is 204 Å². The minimum atomic E-state index is -1.47. The smallest absolute Gasteiger partial charge is 0.329 e. The number of hydrogen-bond acceptors (Lipinski definition) is 16. The number of carbonyl (C=O) groups is 8. The number of amides is 4. The second-order valence-electron chi connectivity index (χ2n) is 32.4. The number of benzene rings is 6. The van der Waals surface area contributed by atoms with Gasteiger partial charge in [-0.05, 0) is 154 Å². The van der Waals surface area contributed by atoms with Gasteiger partial charge in [-0.15, -0.1) is 0 Å². The fourth-order valence-corrected chi connectivity index (χ4v) is 11.9. The van der Waals surface area contributed by atoms with E-state index < -0.39 is 83.3 Å². The third kappa shape index (κ3) is 29.7. The summed E-state index contributed by atoms with van der Waals surface area (Å²) in [7, 11) is 0. The molecule has 5 N–H and O–H groups in total. The number of Topliss-reactive ketones (excluding diaryl/α,β-unsaturated/α-hetero) is 1. The van der Waals surface area contributed by atoms with Gasteiger partial charge in [0.25, 0.3) is 11.8 Å². The summed E-state index contributed by atoms with van der Waals surface area (Å²) in [5.41, 5.74) is 7.54. The molecular formula is C91H114N8O13. The quantitative estimate of drug-likeness (QED) is 0.0180. The molecule has 0 fully saturated rings. The van der Waals surface area contributed by atoms with Gasteiger partial charge in [-0.1, -0.05) is 204 Å². The van der Waals surface area contributed by atoms with Crippen molar-refractivity contribution < 1.29 is 62.4 Å². The van der Waals surface area contributed by atoms with Crippen molar-refractivity contribution in [2.45, 2.75) is 240 Å². The van der Waals surface area contributed by atoms with E-state index in [9.17, 15) is 43.5 Å². The van der Waals surface area contributed by atoms with E-state index in [1.807, 2.05) is 121 Å². The first-order valence-corrected chi connectivity index (χ1v) is 38.9. The molecular weight excluding hydrogens is 1410 g/mol. The third-order valence-corrected chi connectivity index (χ3v) is 18.2. The lowest BCUT2D eigenvalue weighted by Crippen LogP contribution is -2.53. The molecule has 0 saturated heterocycles. The zero-order valence-corrected chi connectivity index (χ0v) is 67.9. The average Bonchev–Trinajstić information content (AvgIpc) is 0.829. The van der Waals surface area contributed by atoms with Crippen LogP contribution in [0.5, 0.6) is 11.5 Å². The van der Waals surface area contributed by atoms with Crippen molar-refractivity contribution in [3.63, 3.8) is 0 Å². The van der Waals surface area contributed by atoms with Gasteiger partial charge in [-0.25, -0.2) is 29.5 Å². The van der Waals surface area contributed by atoms with Crippen molar-refractivity contribution in [1.82, 2.24) is 41.2 Å². The second kappa shape index (κ2) is 41.9. The standard InChI is InChI=1S/C46H58N4O6.C45H56N4O7/c1-9-10-11-12-13-26-55-38-24-20-33(21-25-38)36-29-47-41(48-30-36)34-16-14-32(15-17-34)28-39(49-42(52)35-18-22-37(23-19-35)45(3,4)5)43(53)50-40(27-31(2)51)44(54)56-46(6,7)8;1-8-9-10-11-12-25-55-36-23-19-31(20-24-36)34-28-46-40(47-29-34)32-15-13-30(14-16-32)26-37(48-41(52)33-17-21-35(22-18-33)44(2,3)4)42(53)49-38(27-39(50)51)43(54)56-45(5,6)7/h14-25,29-30,39-40H,9-13,26-28H2,1-8H3,(H,49,52)(H,50,53);13-24,28-29,37-38H,8-12,25-27H2,1-7H3,(H,48,52)(H,49,53)(H,50,51)/t39-,40-;37-,38-/m00/s1. The third-order valence-electron chi connectivity index (χ3n) is 18.2. The Morgan fingerprint density at radius 1 is 0.375 bits per heavy atom. The fourth-order valence-electron chi connectivity index (χ4n) is 11.9. The van der Waals surface area contributed by atoms with E-state index in [0.717, 1.165) is 74.4 Å². The second-order valence-corrected chi connectivity index (χ2v) is 32.4. The van der Waals surface area contributed by atoms with Crippen LogP contribution in [0, 0.1) is 0 Å². The van der Waals surface area contributed by atoms with Crippen LogP contribution in [0.3, 0.4) is 0 Å². The van der Waals surface area contributed by atoms with Crippen molar-refractivity contribution in [2.24, 2.45) is 0 Å². The largest absolute Gasteiger partial charge is 0.494 e. The van der Waals surface area contributed by atoms with Crippen LogP contribution in [0.2, 0.25) is 0 Å². The summed E-state index contributed by atoms with van der Waals surface area (Å²) in [6.07, 6.45) is 18.2. The van der Waals surface area contributed by atoms with E-state index in [0.29, 0.717) is 41.6 Å². The van der Waals surface area contributed by atoms with Gasteiger partial charge in [-0.2, -0.15) is 0 Å². The van der Waals surface area contributed by atoms with Crippen LogP contribution in [0.4, 0.5) is 0 Å². The maximum Gasteiger partial charge on any atom is 0.329 e. The molecule has 0 aliphatic carbocycles. The number of rotatable bonds is 36. The van der Waals surface area contributed by atoms with Crippen molar-refractivity contribution in [1.29, 1.82) is 0 Å². The lowest BCUT2D eigenvalue weighted by molar-refractivity contribution is -0.161. The van der Waals surface area contributed by atoms with Gasteiger partial charge in [0.15, 0.2) is 11.6 Å². The number of hydrogen-bond donors (Lipinski definition) is 5. The normalized spacial score (nSPS) is 12.6. The highest BCUT2D eigenvalue weighted by Crippen LogP contribution is 2.29. The molecule has 0 aliphatic heterocycles. The van der Waals surface area contributed by atoms with E-state index in [-0.39, 0.29) is 35.9 Å². The minimum Gasteiger partial charge on any atom is -0.494 e. The van der Waals surface area contributed by atoms with E-state index in [4.69, 9.17) is 18.9 Å². The van der Waals surface area contributed by atoms with Crippen LogP contribution < -0.4 is 30.7 Å². The maximum absolute atomic E-state index is 13.8. The van der Waals surface area contributed by atoms with Gasteiger partial charge in [-0.3, -0.25) is 28.8 Å². The topological polar surface area (TPSA) is 293 Å². The van der Waals surface area contributed by atoms with Crippen LogP contribution in [-0.4, -0.2) is 121 Å². The van der Waals surface area contributed by atoms with Crippen LogP contribution in [0.15, 0.2) is 170 Å². The summed E-state index contributed by atoms with van der Waals surface area (Å²) in [6, 6.07) is 40.0. The first-order valence-electron chi connectivity index (χ1n) is 38.9. The molecule has 4 amide bonds. The highest BCUT2D eigenvalue weighted by Gasteiger charge is 2.34. The number of nitrogens with zero attached hydrogens (tertiary/aromatic N) is 4. The Kier molecular flexibility index (Phi) is 33.0. The van der Waals surface area contributed by atoms with Crippen molar-refractivity contribution >= 4 is 47.3 Å². The van der Waals surface area contributed by atoms with Gasteiger partial charge in [0.1, 0.15) is 52.7 Å². The number of ketones is 1. The molecule has 2 aromatic heterocycles. The molecule has 2 heterocycles. The molecule has 8 aromatic rings. The van der Waals surface area contributed by atoms with Crippen LogP contribution in [0.25, 0.3) is 45.0 Å². The minimum absolute atomic E-state index is 0.0460. The Morgan fingerprint density at radius 2 is 0.696 bits per heavy atom. The molecule has 112 heavy (non-hydrogen) atoms. The van der Waals surface area contributed by atoms with Gasteiger partial charge < -0.3 is 45.3 Å². The van der Waals surface area contributed by atoms with Crippen LogP contribution in [0.1, 0.15) is 224 Å². The number of carboxylic acid groups (broad SMARTS) is 1. The molecule has 0 radical (unpaired) electrons. The average molecular weight is 1530 g/mol. The summed E-state index contributed by atoms with van der Waals surface area (Å²) in [5.74, 6) is -2.77. The Morgan fingerprint density at radius 3 is 1.00 bits per heavy atom. The first kappa shape index (κ1) is 88.3. The summed E-state index contributed by atoms with van der Waals surface area (Å²) >= 11 is 0. The van der Waals surface area contributed by atoms with Gasteiger partial charge >= 0.3 is 17.9 Å². The molecule has 0 bridgehead atoms. The molecule has 0 spiro atoms. The Bertz CT molecular complexity index is 4070. The number of carboxylic acids is 1. The fraction of sp³-hybridized carbons (Fsp3) is 0.429. The summed E-state index contributed by atoms with van der Waals surface area (Å²) < 4.78 is 22.7. The van der Waals surface area contributed by atoms with Crippen molar-refractivity contribution in [2.75, 3.05) is 13.2 Å². The van der Waals surface area contributed by atoms with Crippen LogP contribution >= 0.6 is 0 Å². The van der Waals surface area contributed by atoms with Gasteiger partial charge in [0.2, 0.25) is 11.8 Å². The number of ether oxygens (including phenoxy) is 4. The summed E-state index contributed by atoms with van der Waals surface area (Å²) in [5, 5.41) is 20.3. The monoisotopic (exact) mass is 1530 g/mol. The van der Waals surface area contributed by atoms with Gasteiger partial charge in [0, 0.05) is 77.4 Å². The zero-order valence-electron chi connectivity index (χ0n) is 67.9. The molecule has 4 atom stereocenters. The summed E-state index contributed by atoms with van der Waals surface area (Å²) in [4.78, 5) is 123. The highest BCUT2D eigenvalue weighted by molar-refractivity contribution is 6.00. The zero-order chi connectivity index (χ0) is 81.8. The van der Waals surface area contributed by atoms with E-state index in [2.05, 4.69) is 96.6 Å². The number of esters is 2. The maximum atomic E-state index is 13.8. The Hall–Kier alpha value is -11.0. The molecule has 21 heteroatoms. The molecule has 21 nitrogen and oxygen atoms in total. The lowest BCUT2D eigenvalue weighted by Gasteiger charge is -2.26. The SMILES string of the molecule is CCCCCCCOc1ccc(-c2cnc(-c3ccc(C[C@H](NC(=O)c4ccc(C(C)(C)C)cc4)C(=O)N[C@@H](CC(=O)O)C(=O)OC(C)(C)C)cc3)nc2)cc1.CCCCCCCOc1ccc(-c2cnc(-c3ccc(C[C@H](NC(=O)c4ccc(C(C)(C)C)cc4)C(=O)N[C@@H](CC(C)=O)C(=O)OC(C)(C)C)cc3)nc2)cc1. The first-order chi connectivity index (χ1) is 53.0. The molecule has 6 aromatic carbocycles. The molecule has 596 valence electrons. The number of aliphatic carboxylic acids is 1. The van der Waals surface area contributed by atoms with E-state index in [1.165, 1.54) is 58.3 Å². The molecule has 0 unspecified atom stereocenters. The van der Waals surface area contributed by atoms with Gasteiger partial charge in [0.05, 0.1) is 19.6 Å². The number of nitrogens with one attached hydrogen (secondary N) is 4. The number of unbranched alkanes of at least 4 members (excludes halogenated alkanes) is 8. The predicted molar refractivity (Wildman–Crippen MR) is 438 cm³/mol. The predicted octanol–water partition coefficient (Wildman–Crippen LogP) is 16.7. The van der Waals surface area contributed by atoms with Crippen LogP contribution in [-0.2, 0) is 61.9 Å². The summed E-state index contributed by atoms with van der Waals surface area (Å²) in [6.45, 7) is 29.7. The Labute approximate surface area is 661 Å². The van der Waals surface area contributed by atoms with E-state index in [1.54, 1.807) is 90.6 Å². The number of carbonyl (C=O) groups excluding carboxylic acids is 7. The van der Waals surface area contributed by atoms with Crippen molar-refractivity contribution in [3.8, 4) is 56.5 Å². The molecule has 0 saturated carbocycles. The molecule has 8 rings (SSSR count). The Balaban J connectivity index is 0.000000311. The molecule has 0 aliphatic rings.